The Morgan fingerprint density at radius 2 is 2.07 bits per heavy atom. The number of rotatable bonds is 5. The van der Waals surface area contributed by atoms with Crippen LogP contribution in [0.5, 0.6) is 0 Å². The zero-order chi connectivity index (χ0) is 10.6. The fourth-order valence-corrected chi connectivity index (χ4v) is 2.67. The van der Waals surface area contributed by atoms with Gasteiger partial charge >= 0.3 is 0 Å². The van der Waals surface area contributed by atoms with E-state index in [-0.39, 0.29) is 0 Å². The predicted octanol–water partition coefficient (Wildman–Crippen LogP) is 3.30. The third-order valence-corrected chi connectivity index (χ3v) is 3.61. The Balaban J connectivity index is 2.41. The normalized spacial score (nSPS) is 15.8. The Hall–Kier alpha value is -0.340. The van der Waals surface area contributed by atoms with Gasteiger partial charge in [0.25, 0.3) is 0 Å². The summed E-state index contributed by atoms with van der Waals surface area (Å²) in [5, 5.41) is 4.38. The van der Waals surface area contributed by atoms with Crippen molar-refractivity contribution >= 4 is 11.3 Å². The standard InChI is InChI=1S/C12H21NS/c1-9(2)12(10(3)13)5-4-11-6-7-14-8-11/h6-10,12H,4-5,13H2,1-3H3. The van der Waals surface area contributed by atoms with Gasteiger partial charge in [-0.3, -0.25) is 0 Å². The molecule has 0 saturated heterocycles. The van der Waals surface area contributed by atoms with Crippen molar-refractivity contribution in [3.8, 4) is 0 Å². The van der Waals surface area contributed by atoms with E-state index in [4.69, 9.17) is 5.73 Å². The molecule has 0 bridgehead atoms. The summed E-state index contributed by atoms with van der Waals surface area (Å²) >= 11 is 1.78. The zero-order valence-corrected chi connectivity index (χ0v) is 10.2. The molecule has 0 fully saturated rings. The second kappa shape index (κ2) is 5.52. The first-order valence-electron chi connectivity index (χ1n) is 5.38. The Bertz CT molecular complexity index is 231. The van der Waals surface area contributed by atoms with Crippen LogP contribution in [0.1, 0.15) is 32.8 Å². The van der Waals surface area contributed by atoms with Gasteiger partial charge in [-0.25, -0.2) is 0 Å². The van der Waals surface area contributed by atoms with Crippen LogP contribution in [-0.2, 0) is 6.42 Å². The molecule has 2 heteroatoms. The maximum absolute atomic E-state index is 5.98. The molecule has 0 saturated carbocycles. The second-order valence-electron chi connectivity index (χ2n) is 4.44. The minimum absolute atomic E-state index is 0.314. The summed E-state index contributed by atoms with van der Waals surface area (Å²) in [6, 6.07) is 2.53. The van der Waals surface area contributed by atoms with Gasteiger partial charge in [0.1, 0.15) is 0 Å². The van der Waals surface area contributed by atoms with Gasteiger partial charge in [0.05, 0.1) is 0 Å². The molecule has 0 aromatic carbocycles. The average Bonchev–Trinajstić information content (AvgIpc) is 2.55. The van der Waals surface area contributed by atoms with Gasteiger partial charge in [-0.2, -0.15) is 11.3 Å². The van der Waals surface area contributed by atoms with Crippen LogP contribution in [0.2, 0.25) is 0 Å². The van der Waals surface area contributed by atoms with Crippen LogP contribution in [0.3, 0.4) is 0 Å². The Morgan fingerprint density at radius 1 is 1.36 bits per heavy atom. The van der Waals surface area contributed by atoms with Gasteiger partial charge in [0, 0.05) is 6.04 Å². The molecule has 0 aliphatic heterocycles. The highest BCUT2D eigenvalue weighted by Crippen LogP contribution is 2.21. The van der Waals surface area contributed by atoms with Crippen LogP contribution in [-0.4, -0.2) is 6.04 Å². The molecule has 0 spiro atoms. The molecule has 1 nitrogen and oxygen atoms in total. The highest BCUT2D eigenvalue weighted by molar-refractivity contribution is 7.07. The minimum atomic E-state index is 0.314. The number of thiophene rings is 1. The molecule has 0 amide bonds. The van der Waals surface area contributed by atoms with Crippen LogP contribution < -0.4 is 5.73 Å². The van der Waals surface area contributed by atoms with Crippen LogP contribution in [0.25, 0.3) is 0 Å². The van der Waals surface area contributed by atoms with Gasteiger partial charge in [0.15, 0.2) is 0 Å². The van der Waals surface area contributed by atoms with Gasteiger partial charge in [-0.15, -0.1) is 0 Å². The molecule has 2 unspecified atom stereocenters. The van der Waals surface area contributed by atoms with Crippen LogP contribution >= 0.6 is 11.3 Å². The van der Waals surface area contributed by atoms with E-state index in [2.05, 4.69) is 37.6 Å². The van der Waals surface area contributed by atoms with Crippen molar-refractivity contribution in [3.63, 3.8) is 0 Å². The first-order valence-corrected chi connectivity index (χ1v) is 6.32. The third kappa shape index (κ3) is 3.43. The molecule has 80 valence electrons. The first kappa shape index (κ1) is 11.7. The molecule has 1 aromatic heterocycles. The lowest BCUT2D eigenvalue weighted by molar-refractivity contribution is 0.311. The molecule has 0 radical (unpaired) electrons. The highest BCUT2D eigenvalue weighted by atomic mass is 32.1. The van der Waals surface area contributed by atoms with E-state index in [1.165, 1.54) is 18.4 Å². The smallest absolute Gasteiger partial charge is 0.00413 e. The number of nitrogens with two attached hydrogens (primary N) is 1. The van der Waals surface area contributed by atoms with Crippen molar-refractivity contribution < 1.29 is 0 Å². The maximum atomic E-state index is 5.98. The van der Waals surface area contributed by atoms with E-state index in [0.717, 1.165) is 0 Å². The summed E-state index contributed by atoms with van der Waals surface area (Å²) in [4.78, 5) is 0. The maximum Gasteiger partial charge on any atom is 0.00413 e. The van der Waals surface area contributed by atoms with E-state index in [1.54, 1.807) is 11.3 Å². The molecular weight excluding hydrogens is 190 g/mol. The largest absolute Gasteiger partial charge is 0.328 e. The lowest BCUT2D eigenvalue weighted by atomic mass is 9.85. The fourth-order valence-electron chi connectivity index (χ4n) is 1.97. The summed E-state index contributed by atoms with van der Waals surface area (Å²) in [5.41, 5.74) is 7.44. The molecule has 1 aromatic rings. The zero-order valence-electron chi connectivity index (χ0n) is 9.36. The van der Waals surface area contributed by atoms with Crippen molar-refractivity contribution in [1.82, 2.24) is 0 Å². The van der Waals surface area contributed by atoms with Gasteiger partial charge in [0.2, 0.25) is 0 Å². The second-order valence-corrected chi connectivity index (χ2v) is 5.22. The van der Waals surface area contributed by atoms with Crippen molar-refractivity contribution in [2.24, 2.45) is 17.6 Å². The van der Waals surface area contributed by atoms with Crippen molar-refractivity contribution in [3.05, 3.63) is 22.4 Å². The topological polar surface area (TPSA) is 26.0 Å². The molecule has 14 heavy (non-hydrogen) atoms. The molecule has 0 aliphatic rings. The monoisotopic (exact) mass is 211 g/mol. The van der Waals surface area contributed by atoms with Crippen LogP contribution in [0, 0.1) is 11.8 Å². The van der Waals surface area contributed by atoms with Gasteiger partial charge in [-0.1, -0.05) is 13.8 Å². The molecule has 2 N–H and O–H groups in total. The number of aryl methyl sites for hydroxylation is 1. The van der Waals surface area contributed by atoms with Gasteiger partial charge in [-0.05, 0) is 54.0 Å². The number of hydrogen-bond acceptors (Lipinski definition) is 2. The quantitative estimate of drug-likeness (QED) is 0.794. The van der Waals surface area contributed by atoms with E-state index >= 15 is 0 Å². The predicted molar refractivity (Wildman–Crippen MR) is 64.6 cm³/mol. The Morgan fingerprint density at radius 3 is 2.50 bits per heavy atom. The number of hydrogen-bond donors (Lipinski definition) is 1. The molecule has 1 heterocycles. The van der Waals surface area contributed by atoms with Crippen LogP contribution in [0.15, 0.2) is 16.8 Å². The molecule has 2 atom stereocenters. The van der Waals surface area contributed by atoms with Crippen LogP contribution in [0.4, 0.5) is 0 Å². The molecule has 0 aliphatic carbocycles. The molecular formula is C12H21NS. The van der Waals surface area contributed by atoms with Crippen molar-refractivity contribution in [1.29, 1.82) is 0 Å². The van der Waals surface area contributed by atoms with E-state index in [1.807, 2.05) is 0 Å². The van der Waals surface area contributed by atoms with Crippen molar-refractivity contribution in [2.45, 2.75) is 39.7 Å². The lowest BCUT2D eigenvalue weighted by Gasteiger charge is -2.24. The average molecular weight is 211 g/mol. The highest BCUT2D eigenvalue weighted by Gasteiger charge is 2.17. The van der Waals surface area contributed by atoms with Gasteiger partial charge < -0.3 is 5.73 Å². The van der Waals surface area contributed by atoms with Crippen molar-refractivity contribution in [2.75, 3.05) is 0 Å². The summed E-state index contributed by atoms with van der Waals surface area (Å²) in [6.07, 6.45) is 2.39. The Kier molecular flexibility index (Phi) is 4.63. The van der Waals surface area contributed by atoms with E-state index < -0.39 is 0 Å². The summed E-state index contributed by atoms with van der Waals surface area (Å²) in [5.74, 6) is 1.34. The first-order chi connectivity index (χ1) is 6.61. The summed E-state index contributed by atoms with van der Waals surface area (Å²) in [6.45, 7) is 6.65. The summed E-state index contributed by atoms with van der Waals surface area (Å²) in [7, 11) is 0. The third-order valence-electron chi connectivity index (χ3n) is 2.88. The minimum Gasteiger partial charge on any atom is -0.328 e. The van der Waals surface area contributed by atoms with E-state index in [0.29, 0.717) is 17.9 Å². The lowest BCUT2D eigenvalue weighted by Crippen LogP contribution is -2.30. The summed E-state index contributed by atoms with van der Waals surface area (Å²) < 4.78 is 0. The fraction of sp³-hybridized carbons (Fsp3) is 0.667. The van der Waals surface area contributed by atoms with E-state index in [9.17, 15) is 0 Å². The molecule has 1 rings (SSSR count). The SMILES string of the molecule is CC(C)C(CCc1ccsc1)C(C)N. The Labute approximate surface area is 91.3 Å².